The van der Waals surface area contributed by atoms with Crippen molar-refractivity contribution in [1.82, 2.24) is 0 Å². The molecule has 0 saturated heterocycles. The fourth-order valence-corrected chi connectivity index (χ4v) is 12.6. The second-order valence-corrected chi connectivity index (χ2v) is 30.5. The summed E-state index contributed by atoms with van der Waals surface area (Å²) in [5, 5.41) is 10.7. The molecule has 0 heterocycles. The Bertz CT molecular complexity index is 2610. The molecule has 0 aromatic rings. The van der Waals surface area contributed by atoms with Crippen LogP contribution in [0.1, 0.15) is 336 Å². The highest BCUT2D eigenvalue weighted by Gasteiger charge is 2.30. The van der Waals surface area contributed by atoms with Crippen LogP contribution in [0, 0.1) is 0 Å². The Morgan fingerprint density at radius 1 is 0.269 bits per heavy atom. The van der Waals surface area contributed by atoms with Crippen molar-refractivity contribution in [3.8, 4) is 0 Å². The van der Waals surface area contributed by atoms with Crippen LogP contribution in [0.5, 0.6) is 0 Å². The zero-order valence-corrected chi connectivity index (χ0v) is 69.5. The molecule has 17 nitrogen and oxygen atoms in total. The van der Waals surface area contributed by atoms with Crippen molar-refractivity contribution in [2.45, 2.75) is 354 Å². The SMILES string of the molecule is CC/C=C\C/C=C\C/C=C\C/C=C\CCCCCCCCC(=O)OCC(COP(=O)(O)OCC(O)COP(=O)(O)OCC(COC(=O)CCCCCCCC/C=C\C/C=C\C/C=C\C/C=C\CC)OC(=O)CCCCCCCCCCCCC)OC(=O)CCCCCCCC/C=C\C/C=C\C/C=C\C/C=C\CC. The van der Waals surface area contributed by atoms with Crippen LogP contribution in [0.4, 0.5) is 0 Å². The molecule has 0 aliphatic rings. The highest BCUT2D eigenvalue weighted by Crippen LogP contribution is 2.45. The normalized spacial score (nSPS) is 14.5. The van der Waals surface area contributed by atoms with Crippen LogP contribution in [-0.2, 0) is 65.4 Å². The number of aliphatic hydroxyl groups is 1. The zero-order chi connectivity index (χ0) is 78.9. The Morgan fingerprint density at radius 3 is 0.741 bits per heavy atom. The third-order valence-corrected chi connectivity index (χ3v) is 19.2. The highest BCUT2D eigenvalue weighted by atomic mass is 31.2. The van der Waals surface area contributed by atoms with Crippen molar-refractivity contribution in [3.05, 3.63) is 146 Å². The van der Waals surface area contributed by atoms with Gasteiger partial charge in [-0.2, -0.15) is 0 Å². The van der Waals surface area contributed by atoms with E-state index in [1.165, 1.54) is 38.5 Å². The van der Waals surface area contributed by atoms with E-state index >= 15 is 0 Å². The maximum atomic E-state index is 13.1. The first kappa shape index (κ1) is 103. The molecule has 3 N–H and O–H groups in total. The van der Waals surface area contributed by atoms with E-state index in [9.17, 15) is 43.2 Å². The van der Waals surface area contributed by atoms with Gasteiger partial charge in [0.2, 0.25) is 0 Å². The minimum Gasteiger partial charge on any atom is -0.462 e. The van der Waals surface area contributed by atoms with Crippen LogP contribution in [0.3, 0.4) is 0 Å². The van der Waals surface area contributed by atoms with Crippen LogP contribution in [0.25, 0.3) is 0 Å². The number of rotatable bonds is 78. The number of esters is 4. The zero-order valence-electron chi connectivity index (χ0n) is 67.7. The highest BCUT2D eigenvalue weighted by molar-refractivity contribution is 7.47. The molecule has 0 aliphatic carbocycles. The minimum atomic E-state index is -4.99. The average molecular weight is 1550 g/mol. The molecule has 5 atom stereocenters. The lowest BCUT2D eigenvalue weighted by Gasteiger charge is -2.21. The van der Waals surface area contributed by atoms with Crippen LogP contribution in [0.15, 0.2) is 146 Å². The topological polar surface area (TPSA) is 237 Å². The first-order chi connectivity index (χ1) is 52.7. The minimum absolute atomic E-state index is 0.0718. The fourth-order valence-electron chi connectivity index (χ4n) is 11.0. The van der Waals surface area contributed by atoms with E-state index < -0.39 is 97.5 Å². The molecule has 0 aromatic carbocycles. The molecule has 0 saturated carbocycles. The summed E-state index contributed by atoms with van der Waals surface area (Å²) < 4.78 is 68.7. The van der Waals surface area contributed by atoms with Crippen molar-refractivity contribution in [2.24, 2.45) is 0 Å². The summed E-state index contributed by atoms with van der Waals surface area (Å²) in [6.45, 7) is 4.51. The van der Waals surface area contributed by atoms with E-state index in [-0.39, 0.29) is 25.7 Å². The Kier molecular flexibility index (Phi) is 76.3. The maximum absolute atomic E-state index is 13.1. The molecular formula is C89H150O17P2. The van der Waals surface area contributed by atoms with Gasteiger partial charge in [0.05, 0.1) is 26.4 Å². The van der Waals surface area contributed by atoms with Gasteiger partial charge in [0.15, 0.2) is 12.2 Å². The van der Waals surface area contributed by atoms with Crippen molar-refractivity contribution >= 4 is 39.5 Å². The number of phosphoric ester groups is 2. The van der Waals surface area contributed by atoms with E-state index in [1.54, 1.807) is 0 Å². The van der Waals surface area contributed by atoms with Gasteiger partial charge < -0.3 is 33.8 Å². The van der Waals surface area contributed by atoms with Gasteiger partial charge in [0.25, 0.3) is 0 Å². The first-order valence-corrected chi connectivity index (χ1v) is 45.1. The molecule has 5 unspecified atom stereocenters. The Morgan fingerprint density at radius 2 is 0.481 bits per heavy atom. The Balaban J connectivity index is 5.37. The lowest BCUT2D eigenvalue weighted by molar-refractivity contribution is -0.161. The van der Waals surface area contributed by atoms with Gasteiger partial charge in [0, 0.05) is 25.7 Å². The molecule has 0 aliphatic heterocycles. The van der Waals surface area contributed by atoms with Gasteiger partial charge in [0.1, 0.15) is 19.3 Å². The number of aliphatic hydroxyl groups excluding tert-OH is 1. The molecule has 0 fully saturated rings. The second-order valence-electron chi connectivity index (χ2n) is 27.6. The molecule has 0 bridgehead atoms. The number of ether oxygens (including phenoxy) is 4. The van der Waals surface area contributed by atoms with E-state index in [0.717, 1.165) is 218 Å². The molecule has 0 spiro atoms. The van der Waals surface area contributed by atoms with Crippen molar-refractivity contribution in [2.75, 3.05) is 39.6 Å². The predicted molar refractivity (Wildman–Crippen MR) is 445 cm³/mol. The number of hydrogen-bond donors (Lipinski definition) is 3. The van der Waals surface area contributed by atoms with Gasteiger partial charge in [-0.15, -0.1) is 0 Å². The third-order valence-electron chi connectivity index (χ3n) is 17.3. The first-order valence-electron chi connectivity index (χ1n) is 42.1. The largest absolute Gasteiger partial charge is 0.472 e. The Hall–Kier alpha value is -5.06. The van der Waals surface area contributed by atoms with Gasteiger partial charge in [-0.05, 0) is 141 Å². The number of allylic oxidation sites excluding steroid dienone is 24. The Labute approximate surface area is 656 Å². The number of unbranched alkanes of at least 4 members (excludes halogenated alkanes) is 28. The van der Waals surface area contributed by atoms with Crippen molar-refractivity contribution in [1.29, 1.82) is 0 Å². The molecule has 0 radical (unpaired) electrons. The van der Waals surface area contributed by atoms with E-state index in [2.05, 4.69) is 174 Å². The summed E-state index contributed by atoms with van der Waals surface area (Å²) >= 11 is 0. The lowest BCUT2D eigenvalue weighted by Crippen LogP contribution is -2.30. The number of carbonyl (C=O) groups excluding carboxylic acids is 4. The fraction of sp³-hybridized carbons (Fsp3) is 0.685. The average Bonchev–Trinajstić information content (AvgIpc) is 0.917. The molecule has 0 aromatic heterocycles. The van der Waals surface area contributed by atoms with Crippen molar-refractivity contribution in [3.63, 3.8) is 0 Å². The van der Waals surface area contributed by atoms with Gasteiger partial charge in [-0.25, -0.2) is 9.13 Å². The standard InChI is InChI=1S/C89H150O17P2/c1-5-9-13-17-21-25-29-32-35-38-41-44-47-50-54-57-61-65-69-73-86(91)99-79-84(105-88(93)75-71-67-63-59-53-28-24-20-16-12-8-4)81-103-107(95,96)101-77-83(90)78-102-108(97,98)104-82-85(106-89(94)76-72-68-64-60-56-52-49-46-43-40-37-34-31-27-23-19-15-11-7-3)80-100-87(92)74-70-66-62-58-55-51-48-45-42-39-36-33-30-26-22-18-14-10-6-2/h9-11,13-15,21-23,25-27,32-37,41-46,83-85,90H,5-8,12,16-20,24,28-31,38-40,47-82H2,1-4H3,(H,95,96)(H,97,98)/b13-9-,14-10-,15-11-,25-21-,26-22-,27-23-,35-32-,36-33-,37-34-,44-41-,45-42-,46-43-. The number of carbonyl (C=O) groups is 4. The van der Waals surface area contributed by atoms with Crippen molar-refractivity contribution < 1.29 is 80.2 Å². The summed E-state index contributed by atoms with van der Waals surface area (Å²) in [5.74, 6) is -2.21. The number of phosphoric acid groups is 2. The smallest absolute Gasteiger partial charge is 0.462 e. The maximum Gasteiger partial charge on any atom is 0.472 e. The molecule has 0 rings (SSSR count). The summed E-state index contributed by atoms with van der Waals surface area (Å²) in [6, 6.07) is 0. The quantitative estimate of drug-likeness (QED) is 0.0169. The van der Waals surface area contributed by atoms with E-state index in [0.29, 0.717) is 25.7 Å². The van der Waals surface area contributed by atoms with E-state index in [4.69, 9.17) is 37.0 Å². The van der Waals surface area contributed by atoms with Gasteiger partial charge in [-0.3, -0.25) is 37.3 Å². The van der Waals surface area contributed by atoms with E-state index in [1.807, 2.05) is 0 Å². The molecule has 618 valence electrons. The van der Waals surface area contributed by atoms with Gasteiger partial charge >= 0.3 is 39.5 Å². The summed E-state index contributed by atoms with van der Waals surface area (Å²) in [6.07, 6.45) is 92.4. The van der Waals surface area contributed by atoms with Crippen LogP contribution < -0.4 is 0 Å². The molecule has 0 amide bonds. The third kappa shape index (κ3) is 79.0. The van der Waals surface area contributed by atoms with Crippen LogP contribution in [-0.4, -0.2) is 96.7 Å². The molecule has 19 heteroatoms. The van der Waals surface area contributed by atoms with Crippen LogP contribution in [0.2, 0.25) is 0 Å². The lowest BCUT2D eigenvalue weighted by atomic mass is 10.1. The predicted octanol–water partition coefficient (Wildman–Crippen LogP) is 25.0. The van der Waals surface area contributed by atoms with Crippen LogP contribution >= 0.6 is 15.6 Å². The number of hydrogen-bond acceptors (Lipinski definition) is 15. The summed E-state index contributed by atoms with van der Waals surface area (Å²) in [5.41, 5.74) is 0. The van der Waals surface area contributed by atoms with Gasteiger partial charge in [-0.1, -0.05) is 315 Å². The molecule has 108 heavy (non-hydrogen) atoms. The summed E-state index contributed by atoms with van der Waals surface area (Å²) in [7, 11) is -9.98. The monoisotopic (exact) mass is 1550 g/mol. The molecular weight excluding hydrogens is 1400 g/mol. The second kappa shape index (κ2) is 80.0. The summed E-state index contributed by atoms with van der Waals surface area (Å²) in [4.78, 5) is 73.2.